The Morgan fingerprint density at radius 2 is 2.05 bits per heavy atom. The predicted molar refractivity (Wildman–Crippen MR) is 69.7 cm³/mol. The lowest BCUT2D eigenvalue weighted by Crippen LogP contribution is -2.29. The van der Waals surface area contributed by atoms with E-state index in [0.29, 0.717) is 11.5 Å². The summed E-state index contributed by atoms with van der Waals surface area (Å²) in [5, 5.41) is 0. The number of nitrogens with one attached hydrogen (secondary N) is 1. The molecule has 0 aliphatic rings. The highest BCUT2D eigenvalue weighted by molar-refractivity contribution is 5.95. The van der Waals surface area contributed by atoms with Gasteiger partial charge in [0.05, 0.1) is 11.1 Å². The van der Waals surface area contributed by atoms with Gasteiger partial charge in [0.2, 0.25) is 0 Å². The number of carbonyl (C=O) groups excluding carboxylic acids is 2. The molecule has 7 heteroatoms. The minimum Gasteiger partial charge on any atom is -0.485 e. The Bertz CT molecular complexity index is 636. The maximum absolute atomic E-state index is 11.2. The molecule has 0 aliphatic carbocycles. The lowest BCUT2D eigenvalue weighted by molar-refractivity contribution is 0.0951. The van der Waals surface area contributed by atoms with Gasteiger partial charge < -0.3 is 14.9 Å². The molecule has 2 amide bonds. The van der Waals surface area contributed by atoms with Gasteiger partial charge in [-0.05, 0) is 18.2 Å². The van der Waals surface area contributed by atoms with E-state index in [1.165, 1.54) is 12.3 Å². The van der Waals surface area contributed by atoms with Crippen LogP contribution >= 0.6 is 0 Å². The van der Waals surface area contributed by atoms with Gasteiger partial charge in [0.1, 0.15) is 24.4 Å². The predicted octanol–water partition coefficient (Wildman–Crippen LogP) is 0.561. The molecule has 0 spiro atoms. The molecule has 0 saturated carbocycles. The molecule has 7 nitrogen and oxygen atoms in total. The fourth-order valence-electron chi connectivity index (χ4n) is 1.60. The van der Waals surface area contributed by atoms with Crippen molar-refractivity contribution in [1.29, 1.82) is 0 Å². The molecule has 20 heavy (non-hydrogen) atoms. The van der Waals surface area contributed by atoms with Gasteiger partial charge in [-0.25, -0.2) is 5.84 Å². The van der Waals surface area contributed by atoms with Gasteiger partial charge in [-0.15, -0.1) is 0 Å². The van der Waals surface area contributed by atoms with Gasteiger partial charge in [0.25, 0.3) is 11.8 Å². The Labute approximate surface area is 114 Å². The molecular formula is C13H13N3O4. The van der Waals surface area contributed by atoms with Crippen LogP contribution in [0.2, 0.25) is 0 Å². The average Bonchev–Trinajstić information content (AvgIpc) is 2.93. The van der Waals surface area contributed by atoms with Crippen LogP contribution in [0.5, 0.6) is 5.75 Å². The average molecular weight is 275 g/mol. The van der Waals surface area contributed by atoms with Crippen molar-refractivity contribution < 1.29 is 18.7 Å². The maximum Gasteiger partial charge on any atom is 0.268 e. The monoisotopic (exact) mass is 275 g/mol. The number of hydrazine groups is 1. The van der Waals surface area contributed by atoms with E-state index in [1.807, 2.05) is 5.43 Å². The first-order valence-corrected chi connectivity index (χ1v) is 5.72. The lowest BCUT2D eigenvalue weighted by atomic mass is 10.2. The molecule has 0 unspecified atom stereocenters. The first-order valence-electron chi connectivity index (χ1n) is 5.72. The van der Waals surface area contributed by atoms with Crippen molar-refractivity contribution in [3.8, 4) is 5.75 Å². The number of hydrogen-bond acceptors (Lipinski definition) is 5. The molecular weight excluding hydrogens is 262 g/mol. The SMILES string of the molecule is NNC(=O)c1coc(COc2ccccc2C(N)=O)c1. The van der Waals surface area contributed by atoms with Crippen LogP contribution in [0.1, 0.15) is 26.5 Å². The van der Waals surface area contributed by atoms with E-state index in [2.05, 4.69) is 0 Å². The molecule has 0 radical (unpaired) electrons. The first kappa shape index (κ1) is 13.6. The van der Waals surface area contributed by atoms with Gasteiger partial charge in [-0.2, -0.15) is 0 Å². The molecule has 104 valence electrons. The highest BCUT2D eigenvalue weighted by Gasteiger charge is 2.11. The van der Waals surface area contributed by atoms with Crippen molar-refractivity contribution in [1.82, 2.24) is 5.43 Å². The fourth-order valence-corrected chi connectivity index (χ4v) is 1.60. The minimum atomic E-state index is -0.580. The number of para-hydroxylation sites is 1. The van der Waals surface area contributed by atoms with Crippen LogP contribution < -0.4 is 21.7 Å². The number of nitrogens with two attached hydrogens (primary N) is 2. The Kier molecular flexibility index (Phi) is 4.02. The third kappa shape index (κ3) is 2.96. The molecule has 2 rings (SSSR count). The first-order chi connectivity index (χ1) is 9.61. The smallest absolute Gasteiger partial charge is 0.268 e. The number of benzene rings is 1. The summed E-state index contributed by atoms with van der Waals surface area (Å²) >= 11 is 0. The quantitative estimate of drug-likeness (QED) is 0.418. The normalized spacial score (nSPS) is 10.1. The number of nitrogen functional groups attached to an aromatic ring is 1. The Morgan fingerprint density at radius 1 is 1.30 bits per heavy atom. The Balaban J connectivity index is 2.07. The number of amides is 2. The van der Waals surface area contributed by atoms with Crippen LogP contribution in [0, 0.1) is 0 Å². The summed E-state index contributed by atoms with van der Waals surface area (Å²) in [6.45, 7) is 0.0577. The van der Waals surface area contributed by atoms with Gasteiger partial charge in [-0.1, -0.05) is 12.1 Å². The molecule has 0 saturated heterocycles. The van der Waals surface area contributed by atoms with Crippen LogP contribution in [-0.4, -0.2) is 11.8 Å². The second-order valence-corrected chi connectivity index (χ2v) is 3.92. The zero-order chi connectivity index (χ0) is 14.5. The number of rotatable bonds is 5. The standard InChI is InChI=1S/C13H13N3O4/c14-12(17)10-3-1-2-4-11(10)20-7-9-5-8(6-19-9)13(18)16-15/h1-6H,7,15H2,(H2,14,17)(H,16,18). The van der Waals surface area contributed by atoms with Gasteiger partial charge >= 0.3 is 0 Å². The van der Waals surface area contributed by atoms with E-state index in [-0.39, 0.29) is 17.7 Å². The number of hydrogen-bond donors (Lipinski definition) is 3. The molecule has 0 aliphatic heterocycles. The van der Waals surface area contributed by atoms with E-state index in [4.69, 9.17) is 20.7 Å². The van der Waals surface area contributed by atoms with E-state index < -0.39 is 11.8 Å². The van der Waals surface area contributed by atoms with Crippen LogP contribution in [0.25, 0.3) is 0 Å². The highest BCUT2D eigenvalue weighted by Crippen LogP contribution is 2.19. The zero-order valence-electron chi connectivity index (χ0n) is 10.5. The summed E-state index contributed by atoms with van der Waals surface area (Å²) in [4.78, 5) is 22.5. The van der Waals surface area contributed by atoms with Crippen molar-refractivity contribution in [3.05, 3.63) is 53.5 Å². The Hall–Kier alpha value is -2.80. The fraction of sp³-hybridized carbons (Fsp3) is 0.0769. The molecule has 0 fully saturated rings. The summed E-state index contributed by atoms with van der Waals surface area (Å²) in [6.07, 6.45) is 1.26. The number of carbonyl (C=O) groups is 2. The van der Waals surface area contributed by atoms with Crippen LogP contribution in [0.15, 0.2) is 41.0 Å². The van der Waals surface area contributed by atoms with E-state index in [9.17, 15) is 9.59 Å². The van der Waals surface area contributed by atoms with Crippen molar-refractivity contribution in [2.45, 2.75) is 6.61 Å². The highest BCUT2D eigenvalue weighted by atomic mass is 16.5. The molecule has 1 aromatic heterocycles. The topological polar surface area (TPSA) is 121 Å². The summed E-state index contributed by atoms with van der Waals surface area (Å²) < 4.78 is 10.6. The third-order valence-electron chi connectivity index (χ3n) is 2.57. The largest absolute Gasteiger partial charge is 0.485 e. The summed E-state index contributed by atoms with van der Waals surface area (Å²) in [6, 6.07) is 8.08. The van der Waals surface area contributed by atoms with Crippen LogP contribution in [0.4, 0.5) is 0 Å². The molecule has 1 aromatic carbocycles. The molecule has 1 heterocycles. The van der Waals surface area contributed by atoms with Crippen LogP contribution in [0.3, 0.4) is 0 Å². The van der Waals surface area contributed by atoms with E-state index >= 15 is 0 Å². The Morgan fingerprint density at radius 3 is 2.75 bits per heavy atom. The number of furan rings is 1. The minimum absolute atomic E-state index is 0.0577. The summed E-state index contributed by atoms with van der Waals surface area (Å²) in [5.41, 5.74) is 7.79. The second-order valence-electron chi connectivity index (χ2n) is 3.92. The molecule has 5 N–H and O–H groups in total. The summed E-state index contributed by atoms with van der Waals surface area (Å²) in [7, 11) is 0. The van der Waals surface area contributed by atoms with E-state index in [1.54, 1.807) is 24.3 Å². The maximum atomic E-state index is 11.2. The molecule has 2 aromatic rings. The van der Waals surface area contributed by atoms with Gasteiger partial charge in [-0.3, -0.25) is 15.0 Å². The second kappa shape index (κ2) is 5.89. The summed E-state index contributed by atoms with van der Waals surface area (Å²) in [5.74, 6) is 4.73. The van der Waals surface area contributed by atoms with Gasteiger partial charge in [0, 0.05) is 0 Å². The zero-order valence-corrected chi connectivity index (χ0v) is 10.5. The van der Waals surface area contributed by atoms with Crippen molar-refractivity contribution in [2.24, 2.45) is 11.6 Å². The van der Waals surface area contributed by atoms with Gasteiger partial charge in [0.15, 0.2) is 0 Å². The van der Waals surface area contributed by atoms with Crippen molar-refractivity contribution in [2.75, 3.05) is 0 Å². The van der Waals surface area contributed by atoms with Crippen molar-refractivity contribution in [3.63, 3.8) is 0 Å². The lowest BCUT2D eigenvalue weighted by Gasteiger charge is -2.07. The third-order valence-corrected chi connectivity index (χ3v) is 2.57. The number of primary amides is 1. The van der Waals surface area contributed by atoms with Crippen molar-refractivity contribution >= 4 is 11.8 Å². The molecule has 0 bridgehead atoms. The van der Waals surface area contributed by atoms with Crippen LogP contribution in [-0.2, 0) is 6.61 Å². The number of ether oxygens (including phenoxy) is 1. The van der Waals surface area contributed by atoms with E-state index in [0.717, 1.165) is 0 Å². The molecule has 0 atom stereocenters.